The molecule has 0 radical (unpaired) electrons. The molecule has 25 heavy (non-hydrogen) atoms. The van der Waals surface area contributed by atoms with E-state index in [0.29, 0.717) is 18.0 Å². The molecular weight excluding hydrogens is 365 g/mol. The van der Waals surface area contributed by atoms with Gasteiger partial charge in [-0.15, -0.1) is 0 Å². The molecule has 0 unspecified atom stereocenters. The quantitative estimate of drug-likeness (QED) is 0.554. The van der Waals surface area contributed by atoms with Crippen LogP contribution >= 0.6 is 0 Å². The highest BCUT2D eigenvalue weighted by Gasteiger charge is 2.24. The van der Waals surface area contributed by atoms with Crippen molar-refractivity contribution in [2.45, 2.75) is 49.0 Å². The molecule has 142 valence electrons. The Bertz CT molecular complexity index is 673. The smallest absolute Gasteiger partial charge is 0.220 e. The maximum Gasteiger partial charge on any atom is 0.220 e. The lowest BCUT2D eigenvalue weighted by atomic mass is 10.0. The molecule has 0 saturated heterocycles. The fraction of sp³-hybridized carbons (Fsp3) is 0.562. The van der Waals surface area contributed by atoms with E-state index < -0.39 is 42.9 Å². The molecule has 1 aromatic rings. The summed E-state index contributed by atoms with van der Waals surface area (Å²) >= 11 is 0. The molecule has 9 heteroatoms. The van der Waals surface area contributed by atoms with Crippen LogP contribution in [0.3, 0.4) is 0 Å². The third-order valence-corrected chi connectivity index (χ3v) is 6.44. The number of sulfone groups is 1. The van der Waals surface area contributed by atoms with Crippen molar-refractivity contribution in [3.8, 4) is 0 Å². The van der Waals surface area contributed by atoms with Crippen molar-refractivity contribution < 1.29 is 27.5 Å². The molecule has 0 saturated carbocycles. The summed E-state index contributed by atoms with van der Waals surface area (Å²) in [6.07, 6.45) is 0.429. The van der Waals surface area contributed by atoms with Crippen LogP contribution in [0.5, 0.6) is 0 Å². The summed E-state index contributed by atoms with van der Waals surface area (Å²) in [7, 11) is -5.58. The Morgan fingerprint density at radius 3 is 2.28 bits per heavy atom. The highest BCUT2D eigenvalue weighted by molar-refractivity contribution is 7.90. The van der Waals surface area contributed by atoms with Gasteiger partial charge in [0.15, 0.2) is 18.2 Å². The number of aliphatic hydroxyl groups excluding tert-OH is 1. The SMILES string of the molecule is C[Si](C)(O)CCCC(=O)N[C@@H](CF)[C@@H](O)c1ccc(S(C)(=O)=O)cc1. The molecule has 0 aliphatic carbocycles. The number of carbonyl (C=O) groups is 1. The molecule has 0 aliphatic rings. The van der Waals surface area contributed by atoms with Crippen LogP contribution < -0.4 is 5.32 Å². The molecule has 1 amide bonds. The lowest BCUT2D eigenvalue weighted by molar-refractivity contribution is -0.122. The second-order valence-electron chi connectivity index (χ2n) is 6.78. The summed E-state index contributed by atoms with van der Waals surface area (Å²) in [5, 5.41) is 12.7. The van der Waals surface area contributed by atoms with E-state index in [9.17, 15) is 27.5 Å². The fourth-order valence-corrected chi connectivity index (χ4v) is 3.98. The Kier molecular flexibility index (Phi) is 7.73. The molecule has 2 atom stereocenters. The van der Waals surface area contributed by atoms with Gasteiger partial charge < -0.3 is 15.2 Å². The Labute approximate surface area is 149 Å². The first kappa shape index (κ1) is 21.7. The van der Waals surface area contributed by atoms with Crippen LogP contribution in [0.15, 0.2) is 29.2 Å². The monoisotopic (exact) mass is 391 g/mol. The molecule has 0 aromatic heterocycles. The summed E-state index contributed by atoms with van der Waals surface area (Å²) in [6.45, 7) is 2.60. The summed E-state index contributed by atoms with van der Waals surface area (Å²) < 4.78 is 36.1. The summed E-state index contributed by atoms with van der Waals surface area (Å²) in [6, 6.07) is 4.91. The molecule has 0 bridgehead atoms. The summed E-state index contributed by atoms with van der Waals surface area (Å²) in [4.78, 5) is 21.7. The van der Waals surface area contributed by atoms with Gasteiger partial charge in [0.25, 0.3) is 0 Å². The zero-order valence-corrected chi connectivity index (χ0v) is 16.5. The maximum absolute atomic E-state index is 13.2. The van der Waals surface area contributed by atoms with E-state index >= 15 is 0 Å². The average Bonchev–Trinajstić information content (AvgIpc) is 2.50. The van der Waals surface area contributed by atoms with Crippen LogP contribution in [0.4, 0.5) is 4.39 Å². The zero-order chi connectivity index (χ0) is 19.3. The van der Waals surface area contributed by atoms with Crippen LogP contribution in [-0.2, 0) is 14.6 Å². The number of carbonyl (C=O) groups excluding carboxylic acids is 1. The molecule has 0 heterocycles. The Morgan fingerprint density at radius 2 is 1.84 bits per heavy atom. The standard InChI is InChI=1S/C16H26FNO5SSi/c1-24(21,22)13-8-6-12(7-9-13)16(20)14(11-17)18-15(19)5-4-10-25(2,3)23/h6-9,14,16,20,23H,4-5,10-11H2,1-3H3,(H,18,19)/t14-,16-/m0/s1. The number of hydrogen-bond acceptors (Lipinski definition) is 5. The number of halogens is 1. The highest BCUT2D eigenvalue weighted by atomic mass is 32.2. The maximum atomic E-state index is 13.2. The minimum absolute atomic E-state index is 0.0973. The van der Waals surface area contributed by atoms with Crippen LogP contribution in [0, 0.1) is 0 Å². The summed E-state index contributed by atoms with van der Waals surface area (Å²) in [5.41, 5.74) is 0.319. The van der Waals surface area contributed by atoms with Crippen molar-refractivity contribution in [3.63, 3.8) is 0 Å². The van der Waals surface area contributed by atoms with E-state index in [1.807, 2.05) is 0 Å². The number of alkyl halides is 1. The average molecular weight is 392 g/mol. The van der Waals surface area contributed by atoms with Crippen molar-refractivity contribution >= 4 is 24.1 Å². The first-order chi connectivity index (χ1) is 11.4. The molecular formula is C16H26FNO5SSi. The van der Waals surface area contributed by atoms with Gasteiger partial charge in [0.2, 0.25) is 5.91 Å². The van der Waals surface area contributed by atoms with Crippen molar-refractivity contribution in [1.29, 1.82) is 0 Å². The van der Waals surface area contributed by atoms with Gasteiger partial charge in [-0.25, -0.2) is 12.8 Å². The minimum Gasteiger partial charge on any atom is -0.432 e. The second-order valence-corrected chi connectivity index (χ2v) is 12.9. The van der Waals surface area contributed by atoms with Gasteiger partial charge in [-0.2, -0.15) is 0 Å². The van der Waals surface area contributed by atoms with Gasteiger partial charge in [0.05, 0.1) is 10.9 Å². The largest absolute Gasteiger partial charge is 0.432 e. The Morgan fingerprint density at radius 1 is 1.28 bits per heavy atom. The van der Waals surface area contributed by atoms with E-state index in [0.717, 1.165) is 6.26 Å². The topological polar surface area (TPSA) is 104 Å². The lowest BCUT2D eigenvalue weighted by Gasteiger charge is -2.22. The Balaban J connectivity index is 2.68. The highest BCUT2D eigenvalue weighted by Crippen LogP contribution is 2.20. The molecule has 1 aromatic carbocycles. The molecule has 0 aliphatic heterocycles. The van der Waals surface area contributed by atoms with E-state index in [1.54, 1.807) is 13.1 Å². The second kappa shape index (κ2) is 8.88. The minimum atomic E-state index is -3.36. The predicted molar refractivity (Wildman–Crippen MR) is 96.2 cm³/mol. The number of rotatable bonds is 9. The van der Waals surface area contributed by atoms with E-state index in [-0.39, 0.29) is 11.3 Å². The van der Waals surface area contributed by atoms with Crippen LogP contribution in [0.1, 0.15) is 24.5 Å². The molecule has 3 N–H and O–H groups in total. The van der Waals surface area contributed by atoms with E-state index in [2.05, 4.69) is 5.32 Å². The first-order valence-corrected chi connectivity index (χ1v) is 13.0. The molecule has 0 spiro atoms. The first-order valence-electron chi connectivity index (χ1n) is 8.00. The van der Waals surface area contributed by atoms with Gasteiger partial charge in [-0.1, -0.05) is 12.1 Å². The van der Waals surface area contributed by atoms with E-state index in [4.69, 9.17) is 0 Å². The Hall–Kier alpha value is -1.29. The van der Waals surface area contributed by atoms with Crippen molar-refractivity contribution in [1.82, 2.24) is 5.32 Å². The normalized spacial score (nSPS) is 14.8. The van der Waals surface area contributed by atoms with Gasteiger partial charge in [-0.05, 0) is 43.3 Å². The fourth-order valence-electron chi connectivity index (χ4n) is 2.31. The lowest BCUT2D eigenvalue weighted by Crippen LogP contribution is -2.41. The van der Waals surface area contributed by atoms with Crippen molar-refractivity contribution in [2.75, 3.05) is 12.9 Å². The number of aliphatic hydroxyl groups is 1. The van der Waals surface area contributed by atoms with Gasteiger partial charge in [-0.3, -0.25) is 4.79 Å². The zero-order valence-electron chi connectivity index (χ0n) is 14.7. The molecule has 1 rings (SSSR count). The third kappa shape index (κ3) is 7.64. The van der Waals surface area contributed by atoms with E-state index in [1.165, 1.54) is 24.3 Å². The predicted octanol–water partition coefficient (Wildman–Crippen LogP) is 1.56. The van der Waals surface area contributed by atoms with Crippen molar-refractivity contribution in [2.24, 2.45) is 0 Å². The summed E-state index contributed by atoms with van der Waals surface area (Å²) in [5.74, 6) is -0.396. The molecule has 6 nitrogen and oxygen atoms in total. The third-order valence-electron chi connectivity index (χ3n) is 3.74. The van der Waals surface area contributed by atoms with Crippen LogP contribution in [-0.4, -0.2) is 51.5 Å². The van der Waals surface area contributed by atoms with Gasteiger partial charge >= 0.3 is 0 Å². The van der Waals surface area contributed by atoms with Gasteiger partial charge in [0, 0.05) is 12.7 Å². The van der Waals surface area contributed by atoms with Crippen LogP contribution in [0.25, 0.3) is 0 Å². The number of amides is 1. The number of benzene rings is 1. The van der Waals surface area contributed by atoms with Crippen LogP contribution in [0.2, 0.25) is 19.1 Å². The van der Waals surface area contributed by atoms with Crippen molar-refractivity contribution in [3.05, 3.63) is 29.8 Å². The molecule has 0 fully saturated rings. The number of nitrogens with one attached hydrogen (secondary N) is 1. The van der Waals surface area contributed by atoms with Gasteiger partial charge in [0.1, 0.15) is 12.8 Å². The number of hydrogen-bond donors (Lipinski definition) is 3.